The Bertz CT molecular complexity index is 644. The highest BCUT2D eigenvalue weighted by Gasteiger charge is 2.38. The van der Waals surface area contributed by atoms with Crippen molar-refractivity contribution in [2.75, 3.05) is 13.3 Å². The molecule has 8 heteroatoms. The monoisotopic (exact) mass is 349 g/mol. The van der Waals surface area contributed by atoms with Crippen molar-refractivity contribution in [3.63, 3.8) is 0 Å². The number of cyclic esters (lactones) is 1. The molecule has 2 rings (SSSR count). The second-order valence-corrected chi connectivity index (χ2v) is 5.48. The smallest absolute Gasteiger partial charge is 0.413 e. The van der Waals surface area contributed by atoms with Gasteiger partial charge in [-0.1, -0.05) is 30.3 Å². The van der Waals surface area contributed by atoms with E-state index in [4.69, 9.17) is 9.47 Å². The minimum absolute atomic E-state index is 0.0183. The number of rotatable bonds is 7. The summed E-state index contributed by atoms with van der Waals surface area (Å²) in [4.78, 5) is 47.4. The third-order valence-corrected chi connectivity index (χ3v) is 3.57. The lowest BCUT2D eigenvalue weighted by Crippen LogP contribution is -2.39. The van der Waals surface area contributed by atoms with Gasteiger partial charge in [-0.05, 0) is 12.0 Å². The number of carbonyl (C=O) groups excluding carboxylic acids is 4. The zero-order valence-corrected chi connectivity index (χ0v) is 13.8. The van der Waals surface area contributed by atoms with E-state index in [-0.39, 0.29) is 38.6 Å². The molecule has 0 bridgehead atoms. The first-order valence-electron chi connectivity index (χ1n) is 7.76. The van der Waals surface area contributed by atoms with Gasteiger partial charge in [0.2, 0.25) is 0 Å². The molecular formula is C17H19NO7. The van der Waals surface area contributed by atoms with E-state index >= 15 is 0 Å². The third-order valence-electron chi connectivity index (χ3n) is 3.57. The maximum absolute atomic E-state index is 12.2. The number of hydrogen-bond acceptors (Lipinski definition) is 7. The molecule has 0 aliphatic carbocycles. The summed E-state index contributed by atoms with van der Waals surface area (Å²) in [7, 11) is 0. The largest absolute Gasteiger partial charge is 0.458 e. The van der Waals surface area contributed by atoms with Crippen LogP contribution in [0.5, 0.6) is 0 Å². The van der Waals surface area contributed by atoms with Gasteiger partial charge >= 0.3 is 18.0 Å². The normalized spacial score (nSPS) is 16.3. The Morgan fingerprint density at radius 2 is 1.92 bits per heavy atom. The summed E-state index contributed by atoms with van der Waals surface area (Å²) in [5.74, 6) is -1.48. The highest BCUT2D eigenvalue weighted by atomic mass is 16.6. The van der Waals surface area contributed by atoms with Gasteiger partial charge in [0.25, 0.3) is 0 Å². The first-order chi connectivity index (χ1) is 12.0. The van der Waals surface area contributed by atoms with Gasteiger partial charge in [0.15, 0.2) is 12.5 Å². The second-order valence-electron chi connectivity index (χ2n) is 5.48. The predicted molar refractivity (Wildman–Crippen MR) is 84.1 cm³/mol. The molecule has 0 spiro atoms. The van der Waals surface area contributed by atoms with Crippen molar-refractivity contribution < 1.29 is 33.4 Å². The Kier molecular flexibility index (Phi) is 6.50. The maximum Gasteiger partial charge on any atom is 0.413 e. The van der Waals surface area contributed by atoms with E-state index in [0.29, 0.717) is 0 Å². The molecule has 1 fully saturated rings. The van der Waals surface area contributed by atoms with Crippen molar-refractivity contribution in [3.05, 3.63) is 35.9 Å². The highest BCUT2D eigenvalue weighted by molar-refractivity contribution is 5.86. The summed E-state index contributed by atoms with van der Waals surface area (Å²) in [6.07, 6.45) is -0.623. The Labute approximate surface area is 144 Å². The van der Waals surface area contributed by atoms with E-state index in [1.54, 1.807) is 0 Å². The van der Waals surface area contributed by atoms with E-state index in [9.17, 15) is 19.2 Å². The SMILES string of the molecule is CC(=O)OCC(=O)CC[C@H]1C(=O)OCN1C(=O)OCc1ccccc1. The van der Waals surface area contributed by atoms with Gasteiger partial charge in [0.1, 0.15) is 19.3 Å². The molecule has 1 aliphatic heterocycles. The van der Waals surface area contributed by atoms with Crippen LogP contribution in [0.1, 0.15) is 25.3 Å². The molecular weight excluding hydrogens is 330 g/mol. The lowest BCUT2D eigenvalue weighted by molar-refractivity contribution is -0.146. The zero-order valence-electron chi connectivity index (χ0n) is 13.8. The van der Waals surface area contributed by atoms with Gasteiger partial charge in [-0.3, -0.25) is 14.5 Å². The van der Waals surface area contributed by atoms with Crippen molar-refractivity contribution in [1.29, 1.82) is 0 Å². The lowest BCUT2D eigenvalue weighted by atomic mass is 10.1. The number of nitrogens with zero attached hydrogens (tertiary/aromatic N) is 1. The van der Waals surface area contributed by atoms with E-state index in [1.807, 2.05) is 30.3 Å². The fourth-order valence-corrected chi connectivity index (χ4v) is 2.25. The maximum atomic E-state index is 12.2. The summed E-state index contributed by atoms with van der Waals surface area (Å²) in [5.41, 5.74) is 0.815. The Morgan fingerprint density at radius 1 is 1.20 bits per heavy atom. The Balaban J connectivity index is 1.84. The number of esters is 2. The molecule has 1 amide bonds. The van der Waals surface area contributed by atoms with Gasteiger partial charge in [0, 0.05) is 13.3 Å². The number of ketones is 1. The lowest BCUT2D eigenvalue weighted by Gasteiger charge is -2.19. The van der Waals surface area contributed by atoms with Crippen LogP contribution in [0.4, 0.5) is 4.79 Å². The molecule has 0 N–H and O–H groups in total. The average Bonchev–Trinajstić information content (AvgIpc) is 2.97. The van der Waals surface area contributed by atoms with E-state index < -0.39 is 24.1 Å². The molecule has 25 heavy (non-hydrogen) atoms. The molecule has 1 aliphatic rings. The summed E-state index contributed by atoms with van der Waals surface area (Å²) < 4.78 is 14.6. The Hall–Kier alpha value is -2.90. The second kappa shape index (κ2) is 8.81. The standard InChI is InChI=1S/C17H19NO7/c1-12(19)23-10-14(20)7-8-15-16(21)25-11-18(15)17(22)24-9-13-5-3-2-4-6-13/h2-6,15H,7-11H2,1H3/t15-/m0/s1. The number of hydrogen-bond donors (Lipinski definition) is 0. The summed E-state index contributed by atoms with van der Waals surface area (Å²) >= 11 is 0. The van der Waals surface area contributed by atoms with Crippen LogP contribution in [-0.2, 0) is 35.2 Å². The van der Waals surface area contributed by atoms with Crippen LogP contribution in [0, 0.1) is 0 Å². The van der Waals surface area contributed by atoms with E-state index in [2.05, 4.69) is 4.74 Å². The first-order valence-corrected chi connectivity index (χ1v) is 7.76. The summed E-state index contributed by atoms with van der Waals surface area (Å²) in [6.45, 7) is 0.708. The molecule has 8 nitrogen and oxygen atoms in total. The van der Waals surface area contributed by atoms with Crippen LogP contribution in [0.2, 0.25) is 0 Å². The number of carbonyl (C=O) groups is 4. The molecule has 1 saturated heterocycles. The first kappa shape index (κ1) is 18.4. The third kappa shape index (κ3) is 5.59. The van der Waals surface area contributed by atoms with Crippen molar-refractivity contribution in [2.24, 2.45) is 0 Å². The zero-order chi connectivity index (χ0) is 18.2. The van der Waals surface area contributed by atoms with Crippen LogP contribution < -0.4 is 0 Å². The minimum Gasteiger partial charge on any atom is -0.458 e. The number of amides is 1. The summed E-state index contributed by atoms with van der Waals surface area (Å²) in [5, 5.41) is 0. The van der Waals surface area contributed by atoms with E-state index in [0.717, 1.165) is 10.5 Å². The van der Waals surface area contributed by atoms with Crippen LogP contribution in [0.3, 0.4) is 0 Å². The van der Waals surface area contributed by atoms with Crippen molar-refractivity contribution in [3.8, 4) is 0 Å². The van der Waals surface area contributed by atoms with Gasteiger partial charge < -0.3 is 14.2 Å². The van der Waals surface area contributed by atoms with Crippen LogP contribution >= 0.6 is 0 Å². The van der Waals surface area contributed by atoms with Gasteiger partial charge in [0.05, 0.1) is 0 Å². The molecule has 0 unspecified atom stereocenters. The molecule has 0 radical (unpaired) electrons. The quantitative estimate of drug-likeness (QED) is 0.542. The van der Waals surface area contributed by atoms with Crippen molar-refractivity contribution in [1.82, 2.24) is 4.90 Å². The molecule has 1 aromatic carbocycles. The van der Waals surface area contributed by atoms with Crippen LogP contribution in [0.15, 0.2) is 30.3 Å². The molecule has 1 aromatic rings. The number of benzene rings is 1. The van der Waals surface area contributed by atoms with Gasteiger partial charge in [-0.15, -0.1) is 0 Å². The van der Waals surface area contributed by atoms with Crippen molar-refractivity contribution in [2.45, 2.75) is 32.4 Å². The molecule has 0 saturated carbocycles. The Morgan fingerprint density at radius 3 is 2.60 bits per heavy atom. The predicted octanol–water partition coefficient (Wildman–Crippen LogP) is 1.42. The van der Waals surface area contributed by atoms with E-state index in [1.165, 1.54) is 6.92 Å². The van der Waals surface area contributed by atoms with Crippen LogP contribution in [0.25, 0.3) is 0 Å². The topological polar surface area (TPSA) is 99.2 Å². The van der Waals surface area contributed by atoms with Crippen LogP contribution in [-0.4, -0.2) is 48.1 Å². The fourth-order valence-electron chi connectivity index (χ4n) is 2.25. The molecule has 1 atom stereocenters. The average molecular weight is 349 g/mol. The fraction of sp³-hybridized carbons (Fsp3) is 0.412. The minimum atomic E-state index is -0.885. The van der Waals surface area contributed by atoms with Gasteiger partial charge in [-0.2, -0.15) is 0 Å². The highest BCUT2D eigenvalue weighted by Crippen LogP contribution is 2.18. The summed E-state index contributed by atoms with van der Waals surface area (Å²) in [6, 6.07) is 8.23. The van der Waals surface area contributed by atoms with Crippen molar-refractivity contribution >= 4 is 23.8 Å². The molecule has 1 heterocycles. The number of ether oxygens (including phenoxy) is 3. The number of Topliss-reactive ketones (excluding diaryl/α,β-unsaturated/α-hetero) is 1. The van der Waals surface area contributed by atoms with Gasteiger partial charge in [-0.25, -0.2) is 9.59 Å². The molecule has 0 aromatic heterocycles. The molecule has 134 valence electrons.